The number of piperidine rings is 1. The number of rotatable bonds is 2. The number of likely N-dealkylation sites (tertiary alicyclic amines) is 1. The van der Waals surface area contributed by atoms with E-state index in [4.69, 9.17) is 9.84 Å². The van der Waals surface area contributed by atoms with Gasteiger partial charge in [-0.25, -0.2) is 4.79 Å². The molecule has 0 saturated carbocycles. The first kappa shape index (κ1) is 13.3. The number of aryl methyl sites for hydroxylation is 1. The Morgan fingerprint density at radius 3 is 2.68 bits per heavy atom. The lowest BCUT2D eigenvalue weighted by molar-refractivity contribution is -0.140. The van der Waals surface area contributed by atoms with E-state index < -0.39 is 6.09 Å². The van der Waals surface area contributed by atoms with Crippen LogP contribution < -0.4 is 4.74 Å². The molecule has 1 aromatic heterocycles. The fourth-order valence-corrected chi connectivity index (χ4v) is 2.08. The van der Waals surface area contributed by atoms with Gasteiger partial charge in [0.1, 0.15) is 0 Å². The summed E-state index contributed by atoms with van der Waals surface area (Å²) < 4.78 is 5.31. The quantitative estimate of drug-likeness (QED) is 0.822. The standard InChI is InChI=1S/C13H16N2O4/c1-9-11(3-2-6-14-9)19-12(16)10-4-7-15(8-5-10)13(17)18/h2-3,6,10H,4-5,7-8H2,1H3,(H,17,18). The zero-order chi connectivity index (χ0) is 13.8. The van der Waals surface area contributed by atoms with Crippen molar-refractivity contribution in [2.24, 2.45) is 5.92 Å². The maximum Gasteiger partial charge on any atom is 0.407 e. The highest BCUT2D eigenvalue weighted by Gasteiger charge is 2.28. The molecule has 1 aliphatic heterocycles. The molecule has 6 nitrogen and oxygen atoms in total. The predicted molar refractivity (Wildman–Crippen MR) is 66.9 cm³/mol. The molecule has 0 radical (unpaired) electrons. The minimum Gasteiger partial charge on any atom is -0.465 e. The fourth-order valence-electron chi connectivity index (χ4n) is 2.08. The van der Waals surface area contributed by atoms with Crippen molar-refractivity contribution in [3.05, 3.63) is 24.0 Å². The van der Waals surface area contributed by atoms with Crippen LogP contribution in [0.4, 0.5) is 4.79 Å². The number of amides is 1. The monoisotopic (exact) mass is 264 g/mol. The van der Waals surface area contributed by atoms with Crippen molar-refractivity contribution >= 4 is 12.1 Å². The molecule has 0 aliphatic carbocycles. The third kappa shape index (κ3) is 3.21. The Kier molecular flexibility index (Phi) is 3.99. The highest BCUT2D eigenvalue weighted by atomic mass is 16.5. The van der Waals surface area contributed by atoms with Gasteiger partial charge in [-0.05, 0) is 31.9 Å². The zero-order valence-corrected chi connectivity index (χ0v) is 10.7. The Morgan fingerprint density at radius 2 is 2.11 bits per heavy atom. The first-order valence-corrected chi connectivity index (χ1v) is 6.19. The normalized spacial score (nSPS) is 16.2. The van der Waals surface area contributed by atoms with Crippen molar-refractivity contribution in [3.8, 4) is 5.75 Å². The van der Waals surface area contributed by atoms with Gasteiger partial charge in [0, 0.05) is 19.3 Å². The molecule has 0 unspecified atom stereocenters. The van der Waals surface area contributed by atoms with Crippen molar-refractivity contribution in [1.82, 2.24) is 9.88 Å². The van der Waals surface area contributed by atoms with Gasteiger partial charge in [0.05, 0.1) is 11.6 Å². The second-order valence-corrected chi connectivity index (χ2v) is 4.55. The summed E-state index contributed by atoms with van der Waals surface area (Å²) >= 11 is 0. The molecule has 1 aromatic rings. The fraction of sp³-hybridized carbons (Fsp3) is 0.462. The summed E-state index contributed by atoms with van der Waals surface area (Å²) in [7, 11) is 0. The average molecular weight is 264 g/mol. The maximum atomic E-state index is 12.0. The minimum atomic E-state index is -0.935. The number of pyridine rings is 1. The number of carbonyl (C=O) groups is 2. The molecule has 0 aromatic carbocycles. The van der Waals surface area contributed by atoms with Crippen LogP contribution in [0, 0.1) is 12.8 Å². The topological polar surface area (TPSA) is 79.7 Å². The smallest absolute Gasteiger partial charge is 0.407 e. The van der Waals surface area contributed by atoms with Gasteiger partial charge in [-0.1, -0.05) is 0 Å². The molecule has 0 spiro atoms. The van der Waals surface area contributed by atoms with Crippen molar-refractivity contribution in [2.45, 2.75) is 19.8 Å². The Morgan fingerprint density at radius 1 is 1.42 bits per heavy atom. The number of ether oxygens (including phenoxy) is 1. The van der Waals surface area contributed by atoms with Crippen LogP contribution in [0.15, 0.2) is 18.3 Å². The van der Waals surface area contributed by atoms with E-state index in [9.17, 15) is 9.59 Å². The lowest BCUT2D eigenvalue weighted by atomic mass is 9.97. The summed E-state index contributed by atoms with van der Waals surface area (Å²) in [5, 5.41) is 8.84. The zero-order valence-electron chi connectivity index (χ0n) is 10.7. The third-order valence-electron chi connectivity index (χ3n) is 3.27. The Balaban J connectivity index is 1.92. The predicted octanol–water partition coefficient (Wildman–Crippen LogP) is 1.69. The van der Waals surface area contributed by atoms with Gasteiger partial charge in [0.2, 0.25) is 0 Å². The van der Waals surface area contributed by atoms with E-state index in [1.54, 1.807) is 25.3 Å². The number of nitrogens with zero attached hydrogens (tertiary/aromatic N) is 2. The number of esters is 1. The molecule has 19 heavy (non-hydrogen) atoms. The van der Waals surface area contributed by atoms with E-state index in [2.05, 4.69) is 4.98 Å². The van der Waals surface area contributed by atoms with E-state index in [0.29, 0.717) is 37.4 Å². The van der Waals surface area contributed by atoms with Crippen molar-refractivity contribution < 1.29 is 19.4 Å². The van der Waals surface area contributed by atoms with Gasteiger partial charge in [0.15, 0.2) is 5.75 Å². The first-order chi connectivity index (χ1) is 9.08. The van der Waals surface area contributed by atoms with Crippen LogP contribution in [0.1, 0.15) is 18.5 Å². The van der Waals surface area contributed by atoms with Gasteiger partial charge in [-0.3, -0.25) is 9.78 Å². The SMILES string of the molecule is Cc1ncccc1OC(=O)C1CCN(C(=O)O)CC1. The van der Waals surface area contributed by atoms with E-state index in [1.165, 1.54) is 4.90 Å². The van der Waals surface area contributed by atoms with Crippen LogP contribution in [0.5, 0.6) is 5.75 Å². The van der Waals surface area contributed by atoms with Gasteiger partial charge < -0.3 is 14.7 Å². The van der Waals surface area contributed by atoms with Crippen LogP contribution in [-0.4, -0.2) is 40.1 Å². The molecule has 1 amide bonds. The van der Waals surface area contributed by atoms with Gasteiger partial charge in [0.25, 0.3) is 0 Å². The van der Waals surface area contributed by atoms with E-state index in [0.717, 1.165) is 0 Å². The summed E-state index contributed by atoms with van der Waals surface area (Å²) in [4.78, 5) is 28.1. The molecule has 1 fully saturated rings. The Hall–Kier alpha value is -2.11. The number of aromatic nitrogens is 1. The van der Waals surface area contributed by atoms with Crippen molar-refractivity contribution in [1.29, 1.82) is 0 Å². The average Bonchev–Trinajstić information content (AvgIpc) is 2.41. The second kappa shape index (κ2) is 5.69. The summed E-state index contributed by atoms with van der Waals surface area (Å²) in [6.07, 6.45) is 1.71. The van der Waals surface area contributed by atoms with Crippen LogP contribution in [-0.2, 0) is 4.79 Å². The van der Waals surface area contributed by atoms with E-state index >= 15 is 0 Å². The largest absolute Gasteiger partial charge is 0.465 e. The Bertz CT molecular complexity index is 481. The molecule has 1 aliphatic rings. The van der Waals surface area contributed by atoms with Gasteiger partial charge in [-0.15, -0.1) is 0 Å². The molecule has 1 N–H and O–H groups in total. The third-order valence-corrected chi connectivity index (χ3v) is 3.27. The number of carboxylic acid groups (broad SMARTS) is 1. The maximum absolute atomic E-state index is 12.0. The molecule has 102 valence electrons. The molecular weight excluding hydrogens is 248 g/mol. The molecule has 0 atom stereocenters. The van der Waals surface area contributed by atoms with Crippen molar-refractivity contribution in [3.63, 3.8) is 0 Å². The Labute approximate surface area is 111 Å². The number of hydrogen-bond acceptors (Lipinski definition) is 4. The van der Waals surface area contributed by atoms with Crippen LogP contribution >= 0.6 is 0 Å². The van der Waals surface area contributed by atoms with Gasteiger partial charge in [-0.2, -0.15) is 0 Å². The molecule has 1 saturated heterocycles. The minimum absolute atomic E-state index is 0.241. The molecule has 0 bridgehead atoms. The lowest BCUT2D eigenvalue weighted by Gasteiger charge is -2.28. The van der Waals surface area contributed by atoms with E-state index in [-0.39, 0.29) is 11.9 Å². The van der Waals surface area contributed by atoms with Gasteiger partial charge >= 0.3 is 12.1 Å². The number of carbonyl (C=O) groups excluding carboxylic acids is 1. The van der Waals surface area contributed by atoms with Crippen LogP contribution in [0.2, 0.25) is 0 Å². The lowest BCUT2D eigenvalue weighted by Crippen LogP contribution is -2.40. The van der Waals surface area contributed by atoms with Crippen LogP contribution in [0.25, 0.3) is 0 Å². The molecule has 2 heterocycles. The first-order valence-electron chi connectivity index (χ1n) is 6.19. The molecular formula is C13H16N2O4. The highest BCUT2D eigenvalue weighted by molar-refractivity contribution is 5.76. The second-order valence-electron chi connectivity index (χ2n) is 4.55. The summed E-state index contributed by atoms with van der Waals surface area (Å²) in [6, 6.07) is 3.41. The van der Waals surface area contributed by atoms with Crippen LogP contribution in [0.3, 0.4) is 0 Å². The highest BCUT2D eigenvalue weighted by Crippen LogP contribution is 2.21. The van der Waals surface area contributed by atoms with Crippen molar-refractivity contribution in [2.75, 3.05) is 13.1 Å². The molecule has 2 rings (SSSR count). The summed E-state index contributed by atoms with van der Waals surface area (Å²) in [5.41, 5.74) is 0.666. The summed E-state index contributed by atoms with van der Waals surface area (Å²) in [5.74, 6) is -0.0792. The number of hydrogen-bond donors (Lipinski definition) is 1. The summed E-state index contributed by atoms with van der Waals surface area (Å²) in [6.45, 7) is 2.53. The van der Waals surface area contributed by atoms with E-state index in [1.807, 2.05) is 0 Å². The molecule has 6 heteroatoms.